The molecule has 2 unspecified atom stereocenters. The predicted octanol–water partition coefficient (Wildman–Crippen LogP) is 2.59. The number of nitrogens with zero attached hydrogens (tertiary/aromatic N) is 2. The molecule has 1 aliphatic rings. The largest absolute Gasteiger partial charge is 0.392 e. The minimum atomic E-state index is -0.528. The van der Waals surface area contributed by atoms with Gasteiger partial charge in [-0.1, -0.05) is 6.07 Å². The summed E-state index contributed by atoms with van der Waals surface area (Å²) < 4.78 is 1.76. The second-order valence-electron chi connectivity index (χ2n) is 6.08. The van der Waals surface area contributed by atoms with Crippen molar-refractivity contribution in [2.75, 3.05) is 5.32 Å². The van der Waals surface area contributed by atoms with Crippen molar-refractivity contribution in [3.05, 3.63) is 41.7 Å². The van der Waals surface area contributed by atoms with Gasteiger partial charge in [0.15, 0.2) is 0 Å². The van der Waals surface area contributed by atoms with Crippen molar-refractivity contribution in [1.29, 1.82) is 0 Å². The number of carbonyl (C=O) groups is 1. The van der Waals surface area contributed by atoms with E-state index in [1.165, 1.54) is 0 Å². The molecule has 1 aromatic heterocycles. The number of aromatic nitrogens is 2. The number of aryl methyl sites for hydroxylation is 2. The first-order valence-electron chi connectivity index (χ1n) is 7.66. The molecule has 1 aliphatic carbocycles. The van der Waals surface area contributed by atoms with Crippen LogP contribution < -0.4 is 5.32 Å². The van der Waals surface area contributed by atoms with E-state index >= 15 is 0 Å². The fourth-order valence-electron chi connectivity index (χ4n) is 2.97. The molecule has 1 amide bonds. The Bertz CT molecular complexity index is 693. The second kappa shape index (κ2) is 5.93. The number of aliphatic hydroxyl groups excluding tert-OH is 1. The molecule has 0 saturated heterocycles. The Morgan fingerprint density at radius 1 is 1.32 bits per heavy atom. The number of nitrogens with one attached hydrogen (secondary N) is 1. The van der Waals surface area contributed by atoms with E-state index in [2.05, 4.69) is 10.4 Å². The first-order chi connectivity index (χ1) is 10.5. The minimum absolute atomic E-state index is 0.110. The molecule has 5 nitrogen and oxygen atoms in total. The number of hydrogen-bond donors (Lipinski definition) is 2. The van der Waals surface area contributed by atoms with Crippen LogP contribution in [0.4, 0.5) is 5.69 Å². The first-order valence-corrected chi connectivity index (χ1v) is 7.66. The quantitative estimate of drug-likeness (QED) is 0.915. The number of amides is 1. The standard InChI is InChI=1S/C17H21N3O2/c1-11-6-7-15(20-10-12(2)9-18-20)14(8-11)19-17(22)13-4-3-5-16(13)21/h6-10,13,16,21H,3-5H2,1-2H3,(H,19,22). The Hall–Kier alpha value is -2.14. The molecule has 116 valence electrons. The molecule has 1 fully saturated rings. The van der Waals surface area contributed by atoms with Crippen molar-refractivity contribution in [2.24, 2.45) is 5.92 Å². The molecule has 0 spiro atoms. The summed E-state index contributed by atoms with van der Waals surface area (Å²) in [6, 6.07) is 5.88. The number of rotatable bonds is 3. The minimum Gasteiger partial charge on any atom is -0.392 e. The van der Waals surface area contributed by atoms with E-state index in [9.17, 15) is 9.90 Å². The summed E-state index contributed by atoms with van der Waals surface area (Å²) >= 11 is 0. The maximum absolute atomic E-state index is 12.4. The number of carbonyl (C=O) groups excluding carboxylic acids is 1. The van der Waals surface area contributed by atoms with Gasteiger partial charge in [-0.25, -0.2) is 4.68 Å². The molecule has 22 heavy (non-hydrogen) atoms. The van der Waals surface area contributed by atoms with Gasteiger partial charge in [0.25, 0.3) is 0 Å². The molecule has 5 heteroatoms. The monoisotopic (exact) mass is 299 g/mol. The van der Waals surface area contributed by atoms with Crippen LogP contribution in [0.25, 0.3) is 5.69 Å². The third kappa shape index (κ3) is 2.90. The molecule has 0 radical (unpaired) electrons. The molecule has 1 heterocycles. The van der Waals surface area contributed by atoms with E-state index in [1.54, 1.807) is 10.9 Å². The Labute approximate surface area is 130 Å². The summed E-state index contributed by atoms with van der Waals surface area (Å²) in [7, 11) is 0. The highest BCUT2D eigenvalue weighted by atomic mass is 16.3. The van der Waals surface area contributed by atoms with E-state index in [0.29, 0.717) is 6.42 Å². The fourth-order valence-corrected chi connectivity index (χ4v) is 2.97. The van der Waals surface area contributed by atoms with Crippen molar-refractivity contribution in [3.8, 4) is 5.69 Å². The lowest BCUT2D eigenvalue weighted by Crippen LogP contribution is -2.29. The number of benzene rings is 1. The number of anilines is 1. The summed E-state index contributed by atoms with van der Waals surface area (Å²) in [4.78, 5) is 12.4. The zero-order chi connectivity index (χ0) is 15.7. The molecular formula is C17H21N3O2. The van der Waals surface area contributed by atoms with Gasteiger partial charge in [0, 0.05) is 6.20 Å². The molecular weight excluding hydrogens is 278 g/mol. The third-order valence-corrected chi connectivity index (χ3v) is 4.18. The Morgan fingerprint density at radius 2 is 2.14 bits per heavy atom. The van der Waals surface area contributed by atoms with Gasteiger partial charge in [0.05, 0.1) is 29.6 Å². The smallest absolute Gasteiger partial charge is 0.230 e. The van der Waals surface area contributed by atoms with E-state index in [0.717, 1.165) is 35.3 Å². The number of hydrogen-bond acceptors (Lipinski definition) is 3. The SMILES string of the molecule is Cc1ccc(-n2cc(C)cn2)c(NC(=O)C2CCCC2O)c1. The zero-order valence-corrected chi connectivity index (χ0v) is 12.9. The molecule has 2 aromatic rings. The maximum atomic E-state index is 12.4. The summed E-state index contributed by atoms with van der Waals surface area (Å²) in [5.41, 5.74) is 3.69. The van der Waals surface area contributed by atoms with Crippen LogP contribution in [0.2, 0.25) is 0 Å². The van der Waals surface area contributed by atoms with Crippen molar-refractivity contribution >= 4 is 11.6 Å². The lowest BCUT2D eigenvalue weighted by atomic mass is 10.0. The van der Waals surface area contributed by atoms with Crippen LogP contribution in [0.15, 0.2) is 30.6 Å². The van der Waals surface area contributed by atoms with Gasteiger partial charge in [-0.2, -0.15) is 5.10 Å². The van der Waals surface area contributed by atoms with Gasteiger partial charge < -0.3 is 10.4 Å². The van der Waals surface area contributed by atoms with Gasteiger partial charge >= 0.3 is 0 Å². The van der Waals surface area contributed by atoms with Crippen LogP contribution in [0.1, 0.15) is 30.4 Å². The molecule has 2 N–H and O–H groups in total. The third-order valence-electron chi connectivity index (χ3n) is 4.18. The van der Waals surface area contributed by atoms with E-state index in [4.69, 9.17) is 0 Å². The summed E-state index contributed by atoms with van der Waals surface area (Å²) in [5.74, 6) is -0.423. The van der Waals surface area contributed by atoms with E-state index < -0.39 is 6.10 Å². The predicted molar refractivity (Wildman–Crippen MR) is 85.0 cm³/mol. The molecule has 1 aromatic carbocycles. The van der Waals surface area contributed by atoms with Crippen molar-refractivity contribution in [2.45, 2.75) is 39.2 Å². The Balaban J connectivity index is 1.89. The lowest BCUT2D eigenvalue weighted by molar-refractivity contribution is -0.122. The van der Waals surface area contributed by atoms with Gasteiger partial charge in [0.1, 0.15) is 0 Å². The zero-order valence-electron chi connectivity index (χ0n) is 12.9. The van der Waals surface area contributed by atoms with Crippen molar-refractivity contribution < 1.29 is 9.90 Å². The Kier molecular flexibility index (Phi) is 3.98. The van der Waals surface area contributed by atoms with Gasteiger partial charge in [-0.15, -0.1) is 0 Å². The highest BCUT2D eigenvalue weighted by Crippen LogP contribution is 2.28. The van der Waals surface area contributed by atoms with Crippen molar-refractivity contribution in [1.82, 2.24) is 9.78 Å². The van der Waals surface area contributed by atoms with Crippen LogP contribution in [0.3, 0.4) is 0 Å². The summed E-state index contributed by atoms with van der Waals surface area (Å²) in [5, 5.41) is 17.2. The molecule has 0 bridgehead atoms. The van der Waals surface area contributed by atoms with Gasteiger partial charge in [-0.3, -0.25) is 4.79 Å². The van der Waals surface area contributed by atoms with Gasteiger partial charge in [0.2, 0.25) is 5.91 Å². The molecule has 0 aliphatic heterocycles. The normalized spacial score (nSPS) is 21.0. The van der Waals surface area contributed by atoms with Crippen LogP contribution in [-0.4, -0.2) is 26.9 Å². The maximum Gasteiger partial charge on any atom is 0.230 e. The highest BCUT2D eigenvalue weighted by molar-refractivity contribution is 5.95. The highest BCUT2D eigenvalue weighted by Gasteiger charge is 2.31. The second-order valence-corrected chi connectivity index (χ2v) is 6.08. The first kappa shape index (κ1) is 14.8. The van der Waals surface area contributed by atoms with Crippen LogP contribution in [0, 0.1) is 19.8 Å². The van der Waals surface area contributed by atoms with Gasteiger partial charge in [-0.05, 0) is 56.4 Å². The summed E-state index contributed by atoms with van der Waals surface area (Å²) in [6.07, 6.45) is 5.53. The van der Waals surface area contributed by atoms with Crippen LogP contribution >= 0.6 is 0 Å². The molecule has 3 rings (SSSR count). The topological polar surface area (TPSA) is 67.2 Å². The fraction of sp³-hybridized carbons (Fsp3) is 0.412. The Morgan fingerprint density at radius 3 is 2.77 bits per heavy atom. The average molecular weight is 299 g/mol. The van der Waals surface area contributed by atoms with Crippen molar-refractivity contribution in [3.63, 3.8) is 0 Å². The summed E-state index contributed by atoms with van der Waals surface area (Å²) in [6.45, 7) is 3.96. The van der Waals surface area contributed by atoms with E-state index in [1.807, 2.05) is 38.2 Å². The van der Waals surface area contributed by atoms with Crippen LogP contribution in [0.5, 0.6) is 0 Å². The van der Waals surface area contributed by atoms with Crippen LogP contribution in [-0.2, 0) is 4.79 Å². The molecule has 2 atom stereocenters. The molecule has 1 saturated carbocycles. The lowest BCUT2D eigenvalue weighted by Gasteiger charge is -2.17. The van der Waals surface area contributed by atoms with E-state index in [-0.39, 0.29) is 11.8 Å². The average Bonchev–Trinajstić information content (AvgIpc) is 3.07. The number of aliphatic hydroxyl groups is 1.